The van der Waals surface area contributed by atoms with Gasteiger partial charge in [-0.25, -0.2) is 0 Å². The number of nitrogens with zero attached hydrogens (tertiary/aromatic N) is 1. The Labute approximate surface area is 166 Å². The van der Waals surface area contributed by atoms with Crippen molar-refractivity contribution in [2.24, 2.45) is 0 Å². The Bertz CT molecular complexity index is 798. The zero-order valence-electron chi connectivity index (χ0n) is 14.6. The van der Waals surface area contributed by atoms with Crippen molar-refractivity contribution >= 4 is 45.0 Å². The van der Waals surface area contributed by atoms with Gasteiger partial charge in [-0.1, -0.05) is 46.6 Å². The first-order chi connectivity index (χ1) is 12.5. The lowest BCUT2D eigenvalue weighted by molar-refractivity contribution is -0.116. The van der Waals surface area contributed by atoms with Gasteiger partial charge in [-0.2, -0.15) is 0 Å². The molecule has 2 rings (SSSR count). The molecule has 0 aliphatic heterocycles. The van der Waals surface area contributed by atoms with Crippen LogP contribution in [0, 0.1) is 0 Å². The number of hydrogen-bond acceptors (Lipinski definition) is 3. The predicted molar refractivity (Wildman–Crippen MR) is 107 cm³/mol. The normalized spacial score (nSPS) is 10.3. The maximum absolute atomic E-state index is 12.8. The van der Waals surface area contributed by atoms with E-state index < -0.39 is 0 Å². The van der Waals surface area contributed by atoms with Crippen molar-refractivity contribution in [3.05, 3.63) is 57.5 Å². The average Bonchev–Trinajstić information content (AvgIpc) is 2.63. The number of methoxy groups -OCH3 is 1. The summed E-state index contributed by atoms with van der Waals surface area (Å²) in [4.78, 5) is 26.8. The van der Waals surface area contributed by atoms with E-state index >= 15 is 0 Å². The fourth-order valence-corrected chi connectivity index (χ4v) is 3.02. The molecule has 0 heterocycles. The van der Waals surface area contributed by atoms with Crippen molar-refractivity contribution in [1.29, 1.82) is 0 Å². The number of carbonyl (C=O) groups excluding carboxylic acids is 2. The second kappa shape index (κ2) is 9.59. The maximum Gasteiger partial charge on any atom is 0.255 e. The quantitative estimate of drug-likeness (QED) is 0.686. The molecule has 138 valence electrons. The molecule has 1 N–H and O–H groups in total. The zero-order valence-corrected chi connectivity index (χ0v) is 16.9. The number of halogens is 2. The molecule has 0 saturated heterocycles. The van der Waals surface area contributed by atoms with Gasteiger partial charge in [0.25, 0.3) is 5.91 Å². The van der Waals surface area contributed by atoms with E-state index in [4.69, 9.17) is 16.3 Å². The van der Waals surface area contributed by atoms with Gasteiger partial charge in [-0.05, 0) is 36.8 Å². The van der Waals surface area contributed by atoms with E-state index in [-0.39, 0.29) is 18.4 Å². The lowest BCUT2D eigenvalue weighted by Gasteiger charge is -2.22. The molecule has 0 unspecified atom stereocenters. The lowest BCUT2D eigenvalue weighted by atomic mass is 10.2. The monoisotopic (exact) mass is 438 g/mol. The number of benzene rings is 2. The molecule has 5 nitrogen and oxygen atoms in total. The average molecular weight is 440 g/mol. The molecule has 0 spiro atoms. The van der Waals surface area contributed by atoms with Crippen molar-refractivity contribution < 1.29 is 14.3 Å². The standard InChI is InChI=1S/C19H20BrClN2O3/c1-3-10-23(19(25)14-11-13(20)8-9-15(14)21)12-18(24)22-16-6-4-5-7-17(16)26-2/h4-9,11H,3,10,12H2,1-2H3,(H,22,24). The van der Waals surface area contributed by atoms with Gasteiger partial charge >= 0.3 is 0 Å². The van der Waals surface area contributed by atoms with Gasteiger partial charge in [0.15, 0.2) is 0 Å². The molecule has 0 atom stereocenters. The highest BCUT2D eigenvalue weighted by Crippen LogP contribution is 2.24. The summed E-state index contributed by atoms with van der Waals surface area (Å²) < 4.78 is 5.98. The summed E-state index contributed by atoms with van der Waals surface area (Å²) in [5.41, 5.74) is 0.920. The van der Waals surface area contributed by atoms with E-state index in [9.17, 15) is 9.59 Å². The van der Waals surface area contributed by atoms with Gasteiger partial charge in [0.2, 0.25) is 5.91 Å². The highest BCUT2D eigenvalue weighted by Gasteiger charge is 2.21. The lowest BCUT2D eigenvalue weighted by Crippen LogP contribution is -2.38. The van der Waals surface area contributed by atoms with E-state index in [1.54, 1.807) is 36.4 Å². The summed E-state index contributed by atoms with van der Waals surface area (Å²) >= 11 is 9.50. The molecule has 7 heteroatoms. The van der Waals surface area contributed by atoms with Crippen LogP contribution in [0.5, 0.6) is 5.75 Å². The molecule has 0 fully saturated rings. The van der Waals surface area contributed by atoms with E-state index in [0.717, 1.165) is 10.9 Å². The van der Waals surface area contributed by atoms with Crippen LogP contribution in [-0.4, -0.2) is 36.9 Å². The van der Waals surface area contributed by atoms with Crippen molar-refractivity contribution in [2.75, 3.05) is 25.5 Å². The minimum absolute atomic E-state index is 0.0758. The van der Waals surface area contributed by atoms with Gasteiger partial charge in [-0.3, -0.25) is 9.59 Å². The molecule has 0 radical (unpaired) electrons. The van der Waals surface area contributed by atoms with E-state index in [2.05, 4.69) is 21.2 Å². The van der Waals surface area contributed by atoms with Crippen LogP contribution in [0.25, 0.3) is 0 Å². The molecule has 2 aromatic carbocycles. The number of amides is 2. The number of rotatable bonds is 7. The van der Waals surface area contributed by atoms with Crippen molar-refractivity contribution in [2.45, 2.75) is 13.3 Å². The number of para-hydroxylation sites is 2. The number of nitrogens with one attached hydrogen (secondary N) is 1. The molecule has 0 bridgehead atoms. The summed E-state index contributed by atoms with van der Waals surface area (Å²) in [6.45, 7) is 2.31. The third kappa shape index (κ3) is 5.22. The molecule has 0 aromatic heterocycles. The highest BCUT2D eigenvalue weighted by atomic mass is 79.9. The summed E-state index contributed by atoms with van der Waals surface area (Å²) in [6.07, 6.45) is 0.722. The molecule has 0 aliphatic carbocycles. The van der Waals surface area contributed by atoms with Crippen LogP contribution in [0.4, 0.5) is 5.69 Å². The predicted octanol–water partition coefficient (Wildman–Crippen LogP) is 4.60. The SMILES string of the molecule is CCCN(CC(=O)Nc1ccccc1OC)C(=O)c1cc(Br)ccc1Cl. The van der Waals surface area contributed by atoms with Gasteiger partial charge < -0.3 is 15.0 Å². The number of hydrogen-bond donors (Lipinski definition) is 1. The Balaban J connectivity index is 2.15. The Morgan fingerprint density at radius 1 is 1.23 bits per heavy atom. The van der Waals surface area contributed by atoms with Gasteiger partial charge in [0.1, 0.15) is 12.3 Å². The van der Waals surface area contributed by atoms with Crippen LogP contribution in [0.15, 0.2) is 46.9 Å². The smallest absolute Gasteiger partial charge is 0.255 e. The molecular weight excluding hydrogens is 420 g/mol. The van der Waals surface area contributed by atoms with E-state index in [1.807, 2.05) is 13.0 Å². The van der Waals surface area contributed by atoms with Gasteiger partial charge in [0.05, 0.1) is 23.4 Å². The molecular formula is C19H20BrClN2O3. The molecule has 2 amide bonds. The first-order valence-electron chi connectivity index (χ1n) is 8.13. The summed E-state index contributed by atoms with van der Waals surface area (Å²) in [6, 6.07) is 12.2. The molecule has 0 saturated carbocycles. The topological polar surface area (TPSA) is 58.6 Å². The molecule has 0 aliphatic rings. The van der Waals surface area contributed by atoms with E-state index in [0.29, 0.717) is 28.6 Å². The molecule has 26 heavy (non-hydrogen) atoms. The first kappa shape index (κ1) is 20.3. The zero-order chi connectivity index (χ0) is 19.1. The van der Waals surface area contributed by atoms with Crippen molar-refractivity contribution in [1.82, 2.24) is 4.90 Å². The number of ether oxygens (including phenoxy) is 1. The second-order valence-corrected chi connectivity index (χ2v) is 6.92. The Kier molecular flexibility index (Phi) is 7.48. The fourth-order valence-electron chi connectivity index (χ4n) is 2.47. The number of carbonyl (C=O) groups is 2. The van der Waals surface area contributed by atoms with Crippen LogP contribution in [0.2, 0.25) is 5.02 Å². The van der Waals surface area contributed by atoms with Crippen molar-refractivity contribution in [3.8, 4) is 5.75 Å². The second-order valence-electron chi connectivity index (χ2n) is 5.60. The van der Waals surface area contributed by atoms with Crippen LogP contribution < -0.4 is 10.1 Å². The summed E-state index contributed by atoms with van der Waals surface area (Å²) in [7, 11) is 1.53. The highest BCUT2D eigenvalue weighted by molar-refractivity contribution is 9.10. The summed E-state index contributed by atoms with van der Waals surface area (Å²) in [5.74, 6) is -0.0278. The Morgan fingerprint density at radius 3 is 2.65 bits per heavy atom. The molecule has 2 aromatic rings. The minimum atomic E-state index is -0.303. The fraction of sp³-hybridized carbons (Fsp3) is 0.263. The third-order valence-corrected chi connectivity index (χ3v) is 4.48. The Hall–Kier alpha value is -2.05. The third-order valence-electron chi connectivity index (χ3n) is 3.66. The minimum Gasteiger partial charge on any atom is -0.495 e. The summed E-state index contributed by atoms with van der Waals surface area (Å²) in [5, 5.41) is 3.13. The van der Waals surface area contributed by atoms with Gasteiger partial charge in [-0.15, -0.1) is 0 Å². The van der Waals surface area contributed by atoms with Gasteiger partial charge in [0, 0.05) is 11.0 Å². The van der Waals surface area contributed by atoms with Crippen molar-refractivity contribution in [3.63, 3.8) is 0 Å². The maximum atomic E-state index is 12.8. The van der Waals surface area contributed by atoms with Crippen LogP contribution >= 0.6 is 27.5 Å². The first-order valence-corrected chi connectivity index (χ1v) is 9.30. The van der Waals surface area contributed by atoms with Crippen LogP contribution in [0.1, 0.15) is 23.7 Å². The Morgan fingerprint density at radius 2 is 1.96 bits per heavy atom. The largest absolute Gasteiger partial charge is 0.495 e. The number of anilines is 1. The van der Waals surface area contributed by atoms with E-state index in [1.165, 1.54) is 12.0 Å². The van der Waals surface area contributed by atoms with Crippen LogP contribution in [-0.2, 0) is 4.79 Å². The van der Waals surface area contributed by atoms with Crippen LogP contribution in [0.3, 0.4) is 0 Å².